The number of nitrogens with one attached hydrogen (secondary N) is 1. The van der Waals surface area contributed by atoms with E-state index in [0.717, 1.165) is 11.6 Å². The molecule has 1 N–H and O–H groups in total. The van der Waals surface area contributed by atoms with Gasteiger partial charge in [-0.3, -0.25) is 38.3 Å². The maximum Gasteiger partial charge on any atom is 0.331 e. The predicted molar refractivity (Wildman–Crippen MR) is 190 cm³/mol. The molecule has 0 aliphatic carbocycles. The lowest BCUT2D eigenvalue weighted by atomic mass is 9.78. The summed E-state index contributed by atoms with van der Waals surface area (Å²) in [5, 5.41) is 0. The quantitative estimate of drug-likeness (QED) is 0.112. The largest absolute Gasteiger partial charge is 0.463 e. The summed E-state index contributed by atoms with van der Waals surface area (Å²) in [7, 11) is 3.08. The van der Waals surface area contributed by atoms with Crippen LogP contribution in [0.3, 0.4) is 0 Å². The van der Waals surface area contributed by atoms with Crippen LogP contribution >= 0.6 is 0 Å². The molecule has 282 valence electrons. The van der Waals surface area contributed by atoms with Crippen molar-refractivity contribution in [1.82, 2.24) is 14.5 Å². The van der Waals surface area contributed by atoms with Gasteiger partial charge in [-0.2, -0.15) is 0 Å². The van der Waals surface area contributed by atoms with Gasteiger partial charge in [-0.25, -0.2) is 4.79 Å². The van der Waals surface area contributed by atoms with Crippen molar-refractivity contribution < 1.29 is 38.1 Å². The molecule has 1 amide bonds. The molecule has 0 bridgehead atoms. The van der Waals surface area contributed by atoms with Crippen LogP contribution in [-0.2, 0) is 51.1 Å². The van der Waals surface area contributed by atoms with E-state index in [1.165, 1.54) is 25.0 Å². The molecule has 2 atom stereocenters. The Morgan fingerprint density at radius 3 is 2.31 bits per heavy atom. The zero-order valence-electron chi connectivity index (χ0n) is 30.9. The molecule has 1 aromatic heterocycles. The first kappa shape index (κ1) is 42.7. The van der Waals surface area contributed by atoms with Gasteiger partial charge in [0.15, 0.2) is 12.5 Å². The maximum atomic E-state index is 13.6. The first-order chi connectivity index (χ1) is 24.1. The number of ketones is 1. The zero-order chi connectivity index (χ0) is 38.2. The summed E-state index contributed by atoms with van der Waals surface area (Å²) in [6.07, 6.45) is 4.27. The van der Waals surface area contributed by atoms with Crippen LogP contribution in [0.15, 0.2) is 55.9 Å². The lowest BCUT2D eigenvalue weighted by Gasteiger charge is -2.41. The van der Waals surface area contributed by atoms with E-state index in [1.807, 2.05) is 19.9 Å². The highest BCUT2D eigenvalue weighted by Gasteiger charge is 2.37. The van der Waals surface area contributed by atoms with Crippen LogP contribution in [0, 0.1) is 11.8 Å². The van der Waals surface area contributed by atoms with Crippen LogP contribution in [0.5, 0.6) is 0 Å². The minimum Gasteiger partial charge on any atom is -0.463 e. The Balaban J connectivity index is 2.30. The molecule has 2 heterocycles. The lowest BCUT2D eigenvalue weighted by Crippen LogP contribution is -2.49. The highest BCUT2D eigenvalue weighted by atomic mass is 16.5. The SMILES string of the molecule is C=C(COC)CC1C(C=C(CCOC)C(C)=O)C(CC(C)C)=CC(=O)N1COC(=O)CCn1c(=O)cc(CCCC(=O)OC(C)C)c(=O)[nH]c1=O. The average molecular weight is 716 g/mol. The second kappa shape index (κ2) is 21.1. The van der Waals surface area contributed by atoms with Crippen molar-refractivity contribution >= 4 is 23.6 Å². The van der Waals surface area contributed by atoms with Gasteiger partial charge >= 0.3 is 17.6 Å². The Labute approximate surface area is 298 Å². The number of H-pyrrole nitrogens is 1. The van der Waals surface area contributed by atoms with Gasteiger partial charge in [0, 0.05) is 56.9 Å². The normalized spacial score (nSPS) is 16.3. The number of nitrogens with zero attached hydrogens (tertiary/aromatic N) is 2. The standard InChI is InChI=1S/C37H53N3O11/c1-23(2)16-29-20-33(43)40(31(17-25(5)21-49-8)30(29)18-27(26(6)41)13-15-48-7)22-50-34(44)12-14-39-32(42)19-28(36(46)38-37(39)47)10-9-11-35(45)51-24(3)4/h18-20,23-24,30-31H,5,9-17,21-22H2,1-4,6-8H3,(H,38,46,47). The van der Waals surface area contributed by atoms with Gasteiger partial charge in [-0.05, 0) is 69.9 Å². The van der Waals surface area contributed by atoms with Crippen molar-refractivity contribution in [2.24, 2.45) is 11.8 Å². The van der Waals surface area contributed by atoms with E-state index in [2.05, 4.69) is 11.6 Å². The van der Waals surface area contributed by atoms with Gasteiger partial charge in [0.2, 0.25) is 5.91 Å². The summed E-state index contributed by atoms with van der Waals surface area (Å²) in [5.41, 5.74) is -0.477. The minimum atomic E-state index is -1.00. The number of carbonyl (C=O) groups excluding carboxylic acids is 4. The molecule has 0 saturated carbocycles. The number of ether oxygens (including phenoxy) is 4. The molecule has 0 radical (unpaired) electrons. The third-order valence-corrected chi connectivity index (χ3v) is 8.15. The van der Waals surface area contributed by atoms with Gasteiger partial charge in [-0.1, -0.05) is 32.1 Å². The van der Waals surface area contributed by atoms with E-state index >= 15 is 0 Å². The minimum absolute atomic E-state index is 0.0177. The Morgan fingerprint density at radius 1 is 1.00 bits per heavy atom. The monoisotopic (exact) mass is 715 g/mol. The van der Waals surface area contributed by atoms with Gasteiger partial charge < -0.3 is 23.8 Å². The molecule has 2 unspecified atom stereocenters. The fourth-order valence-electron chi connectivity index (χ4n) is 5.78. The molecule has 51 heavy (non-hydrogen) atoms. The molecule has 14 nitrogen and oxygen atoms in total. The van der Waals surface area contributed by atoms with Gasteiger partial charge in [0.05, 0.1) is 25.7 Å². The maximum absolute atomic E-state index is 13.6. The van der Waals surface area contributed by atoms with E-state index in [1.54, 1.807) is 21.0 Å². The van der Waals surface area contributed by atoms with E-state index < -0.39 is 60.4 Å². The number of hydrogen-bond acceptors (Lipinski definition) is 11. The molecular formula is C37H53N3O11. The fourth-order valence-corrected chi connectivity index (χ4v) is 5.78. The molecule has 1 aliphatic heterocycles. The number of Topliss-reactive ketones (excluding diaryl/α,β-unsaturated/α-hetero) is 1. The molecule has 1 aromatic rings. The van der Waals surface area contributed by atoms with Crippen molar-refractivity contribution in [1.29, 1.82) is 0 Å². The summed E-state index contributed by atoms with van der Waals surface area (Å²) in [6, 6.07) is 0.447. The van der Waals surface area contributed by atoms with Crippen LogP contribution in [0.4, 0.5) is 0 Å². The summed E-state index contributed by atoms with van der Waals surface area (Å²) >= 11 is 0. The first-order valence-electron chi connectivity index (χ1n) is 17.2. The Hall–Kier alpha value is -4.43. The highest BCUT2D eigenvalue weighted by molar-refractivity contribution is 5.94. The Bertz CT molecular complexity index is 1650. The Kier molecular flexibility index (Phi) is 17.6. The van der Waals surface area contributed by atoms with Crippen LogP contribution in [-0.4, -0.2) is 84.4 Å². The second-order valence-electron chi connectivity index (χ2n) is 13.3. The third-order valence-electron chi connectivity index (χ3n) is 8.15. The van der Waals surface area contributed by atoms with Crippen LogP contribution in [0.25, 0.3) is 0 Å². The number of esters is 2. The fraction of sp³-hybridized carbons (Fsp3) is 0.595. The summed E-state index contributed by atoms with van der Waals surface area (Å²) in [4.78, 5) is 92.7. The highest BCUT2D eigenvalue weighted by Crippen LogP contribution is 2.35. The summed E-state index contributed by atoms with van der Waals surface area (Å²) in [5.74, 6) is -1.93. The van der Waals surface area contributed by atoms with Crippen molar-refractivity contribution in [2.45, 2.75) is 98.3 Å². The van der Waals surface area contributed by atoms with Gasteiger partial charge in [0.25, 0.3) is 11.1 Å². The van der Waals surface area contributed by atoms with Gasteiger partial charge in [0.1, 0.15) is 0 Å². The van der Waals surface area contributed by atoms with E-state index in [-0.39, 0.29) is 55.1 Å². The molecule has 1 aliphatic rings. The molecule has 0 spiro atoms. The lowest BCUT2D eigenvalue weighted by molar-refractivity contribution is -0.155. The van der Waals surface area contributed by atoms with Crippen LogP contribution in [0.1, 0.15) is 78.7 Å². The number of methoxy groups -OCH3 is 2. The molecule has 0 fully saturated rings. The molecular weight excluding hydrogens is 662 g/mol. The summed E-state index contributed by atoms with van der Waals surface area (Å²) < 4.78 is 21.8. The smallest absolute Gasteiger partial charge is 0.331 e. The number of carbonyl (C=O) groups is 4. The number of aromatic amines is 1. The molecule has 0 aromatic carbocycles. The number of rotatable bonds is 21. The number of aromatic nitrogens is 2. The third kappa shape index (κ3) is 14.0. The van der Waals surface area contributed by atoms with Crippen molar-refractivity contribution in [3.63, 3.8) is 0 Å². The van der Waals surface area contributed by atoms with Crippen molar-refractivity contribution in [3.8, 4) is 0 Å². The van der Waals surface area contributed by atoms with Crippen molar-refractivity contribution in [2.75, 3.05) is 34.2 Å². The number of hydrogen-bond donors (Lipinski definition) is 1. The Morgan fingerprint density at radius 2 is 1.71 bits per heavy atom. The van der Waals surface area contributed by atoms with E-state index in [0.29, 0.717) is 41.6 Å². The van der Waals surface area contributed by atoms with E-state index in [4.69, 9.17) is 18.9 Å². The average Bonchev–Trinajstić information content (AvgIpc) is 3.12. The molecule has 2 rings (SSSR count). The topological polar surface area (TPSA) is 180 Å². The van der Waals surface area contributed by atoms with Crippen molar-refractivity contribution in [3.05, 3.63) is 78.3 Å². The second-order valence-corrected chi connectivity index (χ2v) is 13.3. The zero-order valence-corrected chi connectivity index (χ0v) is 30.9. The molecule has 0 saturated heterocycles. The van der Waals surface area contributed by atoms with Crippen LogP contribution in [0.2, 0.25) is 0 Å². The number of aryl methyl sites for hydroxylation is 1. The molecule has 14 heteroatoms. The van der Waals surface area contributed by atoms with Gasteiger partial charge in [-0.15, -0.1) is 0 Å². The predicted octanol–water partition coefficient (Wildman–Crippen LogP) is 3.01. The van der Waals surface area contributed by atoms with E-state index in [9.17, 15) is 33.6 Å². The summed E-state index contributed by atoms with van der Waals surface area (Å²) in [6.45, 7) is 12.8. The number of amides is 1. The van der Waals surface area contributed by atoms with Crippen LogP contribution < -0.4 is 16.8 Å². The first-order valence-corrected chi connectivity index (χ1v) is 17.2.